The van der Waals surface area contributed by atoms with Crippen LogP contribution < -0.4 is 5.32 Å². The van der Waals surface area contributed by atoms with Crippen molar-refractivity contribution >= 4 is 5.97 Å². The molecule has 4 nitrogen and oxygen atoms in total. The van der Waals surface area contributed by atoms with Gasteiger partial charge in [0.2, 0.25) is 0 Å². The highest BCUT2D eigenvalue weighted by atomic mass is 16.5. The zero-order chi connectivity index (χ0) is 10.3. The van der Waals surface area contributed by atoms with Gasteiger partial charge in [-0.05, 0) is 20.8 Å². The second-order valence-corrected chi connectivity index (χ2v) is 3.23. The Balaban J connectivity index is 3.52. The Morgan fingerprint density at radius 2 is 2.08 bits per heavy atom. The molecule has 0 aliphatic heterocycles. The highest BCUT2D eigenvalue weighted by Gasteiger charge is 2.10. The Morgan fingerprint density at radius 3 is 2.54 bits per heavy atom. The Bertz CT molecular complexity index is 150. The summed E-state index contributed by atoms with van der Waals surface area (Å²) in [6, 6.07) is 0.197. The second kappa shape index (κ2) is 6.86. The summed E-state index contributed by atoms with van der Waals surface area (Å²) in [5, 5.41) is 11.6. The highest BCUT2D eigenvalue weighted by molar-refractivity contribution is 5.67. The SMILES string of the molecule is CCOCC(C)NC(C)CC(=O)O. The van der Waals surface area contributed by atoms with Crippen molar-refractivity contribution in [2.24, 2.45) is 0 Å². The van der Waals surface area contributed by atoms with Crippen LogP contribution in [-0.2, 0) is 9.53 Å². The molecule has 0 amide bonds. The molecule has 0 aliphatic rings. The first-order valence-electron chi connectivity index (χ1n) is 4.61. The van der Waals surface area contributed by atoms with Gasteiger partial charge in [0.25, 0.3) is 0 Å². The molecule has 0 radical (unpaired) electrons. The lowest BCUT2D eigenvalue weighted by Crippen LogP contribution is -2.38. The minimum atomic E-state index is -0.774. The van der Waals surface area contributed by atoms with Crippen LogP contribution in [0.5, 0.6) is 0 Å². The Labute approximate surface area is 79.3 Å². The predicted molar refractivity (Wildman–Crippen MR) is 50.8 cm³/mol. The van der Waals surface area contributed by atoms with E-state index in [-0.39, 0.29) is 18.5 Å². The molecule has 0 aromatic carbocycles. The fourth-order valence-electron chi connectivity index (χ4n) is 1.15. The molecule has 78 valence electrons. The van der Waals surface area contributed by atoms with E-state index in [0.29, 0.717) is 13.2 Å². The predicted octanol–water partition coefficient (Wildman–Crippen LogP) is 0.864. The summed E-state index contributed by atoms with van der Waals surface area (Å²) < 4.78 is 5.19. The number of hydrogen-bond acceptors (Lipinski definition) is 3. The Kier molecular flexibility index (Phi) is 6.54. The smallest absolute Gasteiger partial charge is 0.304 e. The van der Waals surface area contributed by atoms with E-state index in [1.54, 1.807) is 0 Å². The molecular formula is C9H19NO3. The molecule has 2 N–H and O–H groups in total. The minimum absolute atomic E-state index is 0.00652. The van der Waals surface area contributed by atoms with Crippen molar-refractivity contribution in [3.8, 4) is 0 Å². The maximum atomic E-state index is 10.3. The van der Waals surface area contributed by atoms with E-state index >= 15 is 0 Å². The van der Waals surface area contributed by atoms with Crippen molar-refractivity contribution in [1.29, 1.82) is 0 Å². The van der Waals surface area contributed by atoms with E-state index < -0.39 is 5.97 Å². The summed E-state index contributed by atoms with van der Waals surface area (Å²) in [4.78, 5) is 10.3. The average Bonchev–Trinajstić information content (AvgIpc) is 1.98. The highest BCUT2D eigenvalue weighted by Crippen LogP contribution is 1.93. The lowest BCUT2D eigenvalue weighted by molar-refractivity contribution is -0.137. The van der Waals surface area contributed by atoms with Crippen LogP contribution >= 0.6 is 0 Å². The number of rotatable bonds is 7. The van der Waals surface area contributed by atoms with Crippen molar-refractivity contribution < 1.29 is 14.6 Å². The van der Waals surface area contributed by atoms with Crippen molar-refractivity contribution in [2.45, 2.75) is 39.3 Å². The Hall–Kier alpha value is -0.610. The molecule has 0 saturated heterocycles. The quantitative estimate of drug-likeness (QED) is 0.623. The normalized spacial score (nSPS) is 15.3. The number of hydrogen-bond donors (Lipinski definition) is 2. The molecule has 0 spiro atoms. The zero-order valence-corrected chi connectivity index (χ0v) is 8.54. The lowest BCUT2D eigenvalue weighted by atomic mass is 10.2. The third kappa shape index (κ3) is 7.74. The van der Waals surface area contributed by atoms with Gasteiger partial charge >= 0.3 is 5.97 Å². The number of carboxylic acid groups (broad SMARTS) is 1. The van der Waals surface area contributed by atoms with Crippen LogP contribution in [0.15, 0.2) is 0 Å². The fraction of sp³-hybridized carbons (Fsp3) is 0.889. The van der Waals surface area contributed by atoms with Gasteiger partial charge in [-0.25, -0.2) is 0 Å². The number of ether oxygens (including phenoxy) is 1. The maximum Gasteiger partial charge on any atom is 0.304 e. The van der Waals surface area contributed by atoms with E-state index in [9.17, 15) is 4.79 Å². The molecule has 13 heavy (non-hydrogen) atoms. The molecule has 0 aromatic heterocycles. The third-order valence-electron chi connectivity index (χ3n) is 1.62. The van der Waals surface area contributed by atoms with Gasteiger partial charge in [0.15, 0.2) is 0 Å². The number of carbonyl (C=O) groups is 1. The molecule has 4 heteroatoms. The largest absolute Gasteiger partial charge is 0.481 e. The van der Waals surface area contributed by atoms with Crippen LogP contribution in [0.4, 0.5) is 0 Å². The molecule has 0 aliphatic carbocycles. The van der Waals surface area contributed by atoms with E-state index in [0.717, 1.165) is 0 Å². The molecule has 0 heterocycles. The molecule has 0 bridgehead atoms. The fourth-order valence-corrected chi connectivity index (χ4v) is 1.15. The number of aliphatic carboxylic acids is 1. The summed E-state index contributed by atoms with van der Waals surface area (Å²) in [5.74, 6) is -0.774. The van der Waals surface area contributed by atoms with E-state index in [1.165, 1.54) is 0 Å². The summed E-state index contributed by atoms with van der Waals surface area (Å²) in [5.41, 5.74) is 0. The molecular weight excluding hydrogens is 170 g/mol. The van der Waals surface area contributed by atoms with Crippen LogP contribution in [0.25, 0.3) is 0 Å². The van der Waals surface area contributed by atoms with Gasteiger partial charge in [-0.3, -0.25) is 4.79 Å². The third-order valence-corrected chi connectivity index (χ3v) is 1.62. The minimum Gasteiger partial charge on any atom is -0.481 e. The summed E-state index contributed by atoms with van der Waals surface area (Å²) >= 11 is 0. The van der Waals surface area contributed by atoms with Gasteiger partial charge in [-0.15, -0.1) is 0 Å². The molecule has 0 rings (SSSR count). The van der Waals surface area contributed by atoms with E-state index in [2.05, 4.69) is 5.32 Å². The number of carboxylic acids is 1. The van der Waals surface area contributed by atoms with Gasteiger partial charge in [-0.2, -0.15) is 0 Å². The zero-order valence-electron chi connectivity index (χ0n) is 8.54. The van der Waals surface area contributed by atoms with Crippen LogP contribution in [0.1, 0.15) is 27.2 Å². The second-order valence-electron chi connectivity index (χ2n) is 3.23. The van der Waals surface area contributed by atoms with Crippen LogP contribution in [0, 0.1) is 0 Å². The Morgan fingerprint density at radius 1 is 1.46 bits per heavy atom. The maximum absolute atomic E-state index is 10.3. The van der Waals surface area contributed by atoms with E-state index in [1.807, 2.05) is 20.8 Å². The van der Waals surface area contributed by atoms with Gasteiger partial charge < -0.3 is 15.2 Å². The van der Waals surface area contributed by atoms with Crippen LogP contribution in [0.2, 0.25) is 0 Å². The van der Waals surface area contributed by atoms with Crippen LogP contribution in [-0.4, -0.2) is 36.4 Å². The first-order chi connectivity index (χ1) is 6.06. The molecule has 0 aromatic rings. The monoisotopic (exact) mass is 189 g/mol. The topological polar surface area (TPSA) is 58.6 Å². The van der Waals surface area contributed by atoms with E-state index in [4.69, 9.17) is 9.84 Å². The first-order valence-corrected chi connectivity index (χ1v) is 4.61. The summed E-state index contributed by atoms with van der Waals surface area (Å²) in [6.07, 6.45) is 0.149. The van der Waals surface area contributed by atoms with Crippen molar-refractivity contribution in [1.82, 2.24) is 5.32 Å². The van der Waals surface area contributed by atoms with Gasteiger partial charge in [0.1, 0.15) is 0 Å². The molecule has 0 fully saturated rings. The van der Waals surface area contributed by atoms with Crippen LogP contribution in [0.3, 0.4) is 0 Å². The van der Waals surface area contributed by atoms with Gasteiger partial charge in [0, 0.05) is 18.7 Å². The molecule has 2 atom stereocenters. The molecule has 2 unspecified atom stereocenters. The van der Waals surface area contributed by atoms with Gasteiger partial charge in [-0.1, -0.05) is 0 Å². The lowest BCUT2D eigenvalue weighted by Gasteiger charge is -2.18. The summed E-state index contributed by atoms with van der Waals surface area (Å²) in [6.45, 7) is 7.10. The molecule has 0 saturated carbocycles. The van der Waals surface area contributed by atoms with Crippen molar-refractivity contribution in [3.05, 3.63) is 0 Å². The van der Waals surface area contributed by atoms with Gasteiger partial charge in [0.05, 0.1) is 13.0 Å². The number of nitrogens with one attached hydrogen (secondary N) is 1. The standard InChI is InChI=1S/C9H19NO3/c1-4-13-6-8(3)10-7(2)5-9(11)12/h7-8,10H,4-6H2,1-3H3,(H,11,12). The van der Waals surface area contributed by atoms with Crippen molar-refractivity contribution in [3.63, 3.8) is 0 Å². The van der Waals surface area contributed by atoms with Crippen molar-refractivity contribution in [2.75, 3.05) is 13.2 Å². The first kappa shape index (κ1) is 12.4. The summed E-state index contributed by atoms with van der Waals surface area (Å²) in [7, 11) is 0. The average molecular weight is 189 g/mol.